The third-order valence-electron chi connectivity index (χ3n) is 5.72. The molecule has 3 aromatic rings. The lowest BCUT2D eigenvalue weighted by atomic mass is 9.96. The van der Waals surface area contributed by atoms with Crippen LogP contribution in [0.15, 0.2) is 47.0 Å². The maximum absolute atomic E-state index is 13.8. The fourth-order valence-corrected chi connectivity index (χ4v) is 4.03. The van der Waals surface area contributed by atoms with Gasteiger partial charge in [0.15, 0.2) is 0 Å². The van der Waals surface area contributed by atoms with Crippen LogP contribution in [0, 0.1) is 0 Å². The van der Waals surface area contributed by atoms with Crippen molar-refractivity contribution in [2.45, 2.75) is 57.7 Å². The molecule has 0 spiro atoms. The van der Waals surface area contributed by atoms with Gasteiger partial charge in [0.2, 0.25) is 11.7 Å². The van der Waals surface area contributed by atoms with Crippen molar-refractivity contribution in [3.8, 4) is 11.4 Å². The van der Waals surface area contributed by atoms with E-state index in [1.54, 1.807) is 6.07 Å². The minimum absolute atomic E-state index is 0.0219. The molecule has 164 valence electrons. The highest BCUT2D eigenvalue weighted by Crippen LogP contribution is 2.35. The van der Waals surface area contributed by atoms with Gasteiger partial charge in [-0.2, -0.15) is 18.2 Å². The fraction of sp³-hybridized carbons (Fsp3) is 0.417. The summed E-state index contributed by atoms with van der Waals surface area (Å²) in [6.45, 7) is 2.99. The van der Waals surface area contributed by atoms with Gasteiger partial charge in [-0.3, -0.25) is 0 Å². The molecule has 0 aliphatic carbocycles. The van der Waals surface area contributed by atoms with E-state index in [0.29, 0.717) is 24.3 Å². The number of nitrogens with one attached hydrogen (secondary N) is 1. The summed E-state index contributed by atoms with van der Waals surface area (Å²) in [5.41, 5.74) is 2.23. The van der Waals surface area contributed by atoms with Gasteiger partial charge in [0.05, 0.1) is 11.6 Å². The average molecular weight is 429 g/mol. The summed E-state index contributed by atoms with van der Waals surface area (Å²) >= 11 is 0. The molecule has 0 unspecified atom stereocenters. The molecule has 1 aliphatic rings. The first-order chi connectivity index (χ1) is 14.9. The first-order valence-electron chi connectivity index (χ1n) is 10.8. The second kappa shape index (κ2) is 9.22. The summed E-state index contributed by atoms with van der Waals surface area (Å²) < 4.78 is 46.6. The molecule has 31 heavy (non-hydrogen) atoms. The van der Waals surface area contributed by atoms with Crippen molar-refractivity contribution in [2.24, 2.45) is 0 Å². The maximum atomic E-state index is 13.8. The fourth-order valence-electron chi connectivity index (χ4n) is 4.03. The largest absolute Gasteiger partial charge is 0.416 e. The zero-order chi connectivity index (χ0) is 21.8. The van der Waals surface area contributed by atoms with Gasteiger partial charge in [0.25, 0.3) is 0 Å². The number of aromatic nitrogens is 2. The van der Waals surface area contributed by atoms with Crippen molar-refractivity contribution < 1.29 is 17.7 Å². The number of hydrogen-bond acceptors (Lipinski definition) is 4. The topological polar surface area (TPSA) is 51.0 Å². The van der Waals surface area contributed by atoms with E-state index in [1.807, 2.05) is 12.1 Å². The van der Waals surface area contributed by atoms with E-state index in [-0.39, 0.29) is 17.4 Å². The number of halogens is 3. The molecule has 4 rings (SSSR count). The summed E-state index contributed by atoms with van der Waals surface area (Å²) in [6, 6.07) is 12.4. The molecule has 1 aliphatic heterocycles. The lowest BCUT2D eigenvalue weighted by Gasteiger charge is -2.14. The van der Waals surface area contributed by atoms with Gasteiger partial charge in [0, 0.05) is 5.56 Å². The predicted octanol–water partition coefficient (Wildman–Crippen LogP) is 5.92. The first kappa shape index (κ1) is 21.6. The van der Waals surface area contributed by atoms with Gasteiger partial charge in [0.1, 0.15) is 0 Å². The molecule has 1 N–H and O–H groups in total. The Kier molecular flexibility index (Phi) is 6.41. The van der Waals surface area contributed by atoms with E-state index >= 15 is 0 Å². The molecule has 1 aromatic heterocycles. The Morgan fingerprint density at radius 3 is 2.42 bits per heavy atom. The van der Waals surface area contributed by atoms with Gasteiger partial charge >= 0.3 is 6.18 Å². The van der Waals surface area contributed by atoms with Crippen LogP contribution in [0.4, 0.5) is 13.2 Å². The average Bonchev–Trinajstić information content (AvgIpc) is 3.45. The van der Waals surface area contributed by atoms with Gasteiger partial charge < -0.3 is 9.84 Å². The van der Waals surface area contributed by atoms with Crippen LogP contribution in [0.25, 0.3) is 11.4 Å². The smallest absolute Gasteiger partial charge is 0.337 e. The summed E-state index contributed by atoms with van der Waals surface area (Å²) in [5, 5.41) is 7.16. The third-order valence-corrected chi connectivity index (χ3v) is 5.72. The molecule has 1 fully saturated rings. The van der Waals surface area contributed by atoms with Crippen LogP contribution in [0.2, 0.25) is 0 Å². The number of aryl methyl sites for hydroxylation is 3. The van der Waals surface area contributed by atoms with Crippen LogP contribution in [0.3, 0.4) is 0 Å². The minimum Gasteiger partial charge on any atom is -0.337 e. The molecule has 4 nitrogen and oxygen atoms in total. The predicted molar refractivity (Wildman–Crippen MR) is 113 cm³/mol. The molecular formula is C24H26F3N3O. The van der Waals surface area contributed by atoms with Crippen LogP contribution in [0.5, 0.6) is 0 Å². The molecule has 0 saturated carbocycles. The highest BCUT2D eigenvalue weighted by molar-refractivity contribution is 5.57. The van der Waals surface area contributed by atoms with Crippen LogP contribution >= 0.6 is 0 Å². The number of alkyl halides is 3. The Morgan fingerprint density at radius 1 is 1.03 bits per heavy atom. The lowest BCUT2D eigenvalue weighted by Crippen LogP contribution is -2.13. The normalized spacial score (nSPS) is 16.7. The van der Waals surface area contributed by atoms with E-state index in [9.17, 15) is 13.2 Å². The standard InChI is InChI=1S/C24H26F3N3O/c1-2-4-16-6-8-17(9-7-16)10-11-18-12-13-19(15-20(18)24(25,26)27)22-29-23(31-30-22)21-5-3-14-28-21/h6-9,12-13,15,21,28H,2-5,10-11,14H2,1H3/t21-/m0/s1. The molecule has 7 heteroatoms. The second-order valence-corrected chi connectivity index (χ2v) is 8.04. The van der Waals surface area contributed by atoms with Gasteiger partial charge in [-0.1, -0.05) is 54.9 Å². The van der Waals surface area contributed by atoms with Crippen molar-refractivity contribution >= 4 is 0 Å². The Balaban J connectivity index is 1.53. The van der Waals surface area contributed by atoms with Gasteiger partial charge in [-0.05, 0) is 61.4 Å². The third kappa shape index (κ3) is 5.15. The highest BCUT2D eigenvalue weighted by Gasteiger charge is 2.34. The van der Waals surface area contributed by atoms with E-state index in [4.69, 9.17) is 4.52 Å². The second-order valence-electron chi connectivity index (χ2n) is 8.04. The van der Waals surface area contributed by atoms with Gasteiger partial charge in [-0.15, -0.1) is 0 Å². The Bertz CT molecular complexity index is 1010. The molecule has 1 atom stereocenters. The molecule has 1 saturated heterocycles. The zero-order valence-corrected chi connectivity index (χ0v) is 17.5. The number of nitrogens with zero attached hydrogens (tertiary/aromatic N) is 2. The van der Waals surface area contributed by atoms with Crippen molar-refractivity contribution in [3.05, 3.63) is 70.6 Å². The monoisotopic (exact) mass is 429 g/mol. The number of rotatable bonds is 7. The van der Waals surface area contributed by atoms with Crippen molar-refractivity contribution in [3.63, 3.8) is 0 Å². The van der Waals surface area contributed by atoms with E-state index in [2.05, 4.69) is 34.5 Å². The minimum atomic E-state index is -4.45. The highest BCUT2D eigenvalue weighted by atomic mass is 19.4. The van der Waals surface area contributed by atoms with Crippen LogP contribution in [-0.4, -0.2) is 16.7 Å². The molecular weight excluding hydrogens is 403 g/mol. The Labute approximate surface area is 179 Å². The quantitative estimate of drug-likeness (QED) is 0.507. The van der Waals surface area contributed by atoms with Crippen molar-refractivity contribution in [1.82, 2.24) is 15.5 Å². The SMILES string of the molecule is CCCc1ccc(CCc2ccc(-c3noc([C@@H]4CCCN4)n3)cc2C(F)(F)F)cc1. The van der Waals surface area contributed by atoms with E-state index in [1.165, 1.54) is 11.6 Å². The summed E-state index contributed by atoms with van der Waals surface area (Å²) in [5.74, 6) is 0.615. The molecule has 0 amide bonds. The van der Waals surface area contributed by atoms with Crippen LogP contribution in [-0.2, 0) is 25.4 Å². The molecule has 0 radical (unpaired) electrons. The first-order valence-corrected chi connectivity index (χ1v) is 10.8. The zero-order valence-electron chi connectivity index (χ0n) is 17.5. The van der Waals surface area contributed by atoms with E-state index in [0.717, 1.165) is 43.9 Å². The van der Waals surface area contributed by atoms with Crippen molar-refractivity contribution in [2.75, 3.05) is 6.54 Å². The van der Waals surface area contributed by atoms with Crippen LogP contribution in [0.1, 0.15) is 60.4 Å². The maximum Gasteiger partial charge on any atom is 0.416 e. The van der Waals surface area contributed by atoms with E-state index < -0.39 is 11.7 Å². The summed E-state index contributed by atoms with van der Waals surface area (Å²) in [7, 11) is 0. The number of hydrogen-bond donors (Lipinski definition) is 1. The molecule has 2 aromatic carbocycles. The van der Waals surface area contributed by atoms with Crippen molar-refractivity contribution in [1.29, 1.82) is 0 Å². The Morgan fingerprint density at radius 2 is 1.77 bits per heavy atom. The summed E-state index contributed by atoms with van der Waals surface area (Å²) in [6.07, 6.45) is 0.384. The molecule has 2 heterocycles. The van der Waals surface area contributed by atoms with Gasteiger partial charge in [-0.25, -0.2) is 0 Å². The lowest BCUT2D eigenvalue weighted by molar-refractivity contribution is -0.138. The number of benzene rings is 2. The molecule has 0 bridgehead atoms. The summed E-state index contributed by atoms with van der Waals surface area (Å²) in [4.78, 5) is 4.32. The van der Waals surface area contributed by atoms with Crippen LogP contribution < -0.4 is 5.32 Å². The Hall–Kier alpha value is -2.67.